The fraction of sp³-hybridized carbons (Fsp3) is 0. The van der Waals surface area contributed by atoms with Gasteiger partial charge in [-0.3, -0.25) is 0 Å². The number of nitrogens with zero attached hydrogens (tertiary/aromatic N) is 1. The summed E-state index contributed by atoms with van der Waals surface area (Å²) in [5.74, 6) is 0. The summed E-state index contributed by atoms with van der Waals surface area (Å²) in [5.41, 5.74) is 12.0. The number of hydrogen-bond donors (Lipinski definition) is 0. The molecule has 1 aromatic heterocycles. The van der Waals surface area contributed by atoms with Gasteiger partial charge in [-0.2, -0.15) is 0 Å². The van der Waals surface area contributed by atoms with Crippen molar-refractivity contribution in [2.24, 2.45) is 0 Å². The maximum Gasteiger partial charge on any atom is 0.145 e. The SMILES string of the molecule is c1ccc(-c2ccc(-c3ccc(N(c4ccc(-c5cccc6ccccc56)cc4)c4cccc5c4ccc4ccccc45)c4c3oc3ccccc34)cc2)cc1. The fourth-order valence-corrected chi connectivity index (χ4v) is 8.59. The number of furan rings is 1. The van der Waals surface area contributed by atoms with Gasteiger partial charge in [-0.05, 0) is 91.1 Å². The van der Waals surface area contributed by atoms with Crippen molar-refractivity contribution in [3.8, 4) is 33.4 Å². The van der Waals surface area contributed by atoms with E-state index in [1.807, 2.05) is 0 Å². The minimum Gasteiger partial charge on any atom is -0.455 e. The summed E-state index contributed by atoms with van der Waals surface area (Å²) >= 11 is 0. The molecule has 0 atom stereocenters. The van der Waals surface area contributed by atoms with Crippen molar-refractivity contribution in [1.82, 2.24) is 0 Å². The minimum absolute atomic E-state index is 0.868. The van der Waals surface area contributed by atoms with Gasteiger partial charge in [-0.15, -0.1) is 0 Å². The molecular formula is C54H35NO. The summed E-state index contributed by atoms with van der Waals surface area (Å²) in [4.78, 5) is 2.43. The third-order valence-electron chi connectivity index (χ3n) is 11.3. The van der Waals surface area contributed by atoms with Crippen LogP contribution in [0.15, 0.2) is 217 Å². The maximum atomic E-state index is 6.85. The first-order valence-corrected chi connectivity index (χ1v) is 19.2. The molecule has 10 aromatic carbocycles. The lowest BCUT2D eigenvalue weighted by molar-refractivity contribution is 0.670. The third-order valence-corrected chi connectivity index (χ3v) is 11.3. The van der Waals surface area contributed by atoms with Crippen LogP contribution in [0.4, 0.5) is 17.1 Å². The molecule has 262 valence electrons. The summed E-state index contributed by atoms with van der Waals surface area (Å²) < 4.78 is 6.85. The number of benzene rings is 10. The molecule has 11 aromatic rings. The van der Waals surface area contributed by atoms with Crippen LogP contribution in [0.25, 0.3) is 87.6 Å². The molecule has 0 amide bonds. The predicted octanol–water partition coefficient (Wildman–Crippen LogP) is 15.5. The van der Waals surface area contributed by atoms with Gasteiger partial charge >= 0.3 is 0 Å². The van der Waals surface area contributed by atoms with E-state index in [1.165, 1.54) is 54.6 Å². The van der Waals surface area contributed by atoms with Crippen LogP contribution in [0.1, 0.15) is 0 Å². The first-order valence-electron chi connectivity index (χ1n) is 19.2. The Bertz CT molecular complexity index is 3230. The lowest BCUT2D eigenvalue weighted by Crippen LogP contribution is -2.11. The molecule has 11 rings (SSSR count). The average molecular weight is 714 g/mol. The van der Waals surface area contributed by atoms with Crippen LogP contribution in [0.2, 0.25) is 0 Å². The molecule has 0 radical (unpaired) electrons. The molecule has 56 heavy (non-hydrogen) atoms. The second-order valence-electron chi connectivity index (χ2n) is 14.4. The molecule has 0 N–H and O–H groups in total. The summed E-state index contributed by atoms with van der Waals surface area (Å²) in [5, 5.41) is 9.54. The Morgan fingerprint density at radius 3 is 1.71 bits per heavy atom. The van der Waals surface area contributed by atoms with E-state index in [0.717, 1.165) is 50.1 Å². The molecule has 0 saturated heterocycles. The van der Waals surface area contributed by atoms with Gasteiger partial charge in [-0.25, -0.2) is 0 Å². The van der Waals surface area contributed by atoms with E-state index >= 15 is 0 Å². The molecule has 0 saturated carbocycles. The van der Waals surface area contributed by atoms with E-state index in [1.54, 1.807) is 0 Å². The van der Waals surface area contributed by atoms with Gasteiger partial charge in [-0.1, -0.05) is 176 Å². The smallest absolute Gasteiger partial charge is 0.145 e. The molecule has 0 aliphatic rings. The van der Waals surface area contributed by atoms with Crippen LogP contribution in [-0.4, -0.2) is 0 Å². The zero-order chi connectivity index (χ0) is 37.0. The van der Waals surface area contributed by atoms with Crippen molar-refractivity contribution in [1.29, 1.82) is 0 Å². The number of anilines is 3. The third kappa shape index (κ3) is 5.26. The Morgan fingerprint density at radius 2 is 0.893 bits per heavy atom. The molecule has 2 nitrogen and oxygen atoms in total. The Morgan fingerprint density at radius 1 is 0.304 bits per heavy atom. The second-order valence-corrected chi connectivity index (χ2v) is 14.4. The number of hydrogen-bond acceptors (Lipinski definition) is 2. The van der Waals surface area contributed by atoms with Gasteiger partial charge in [0, 0.05) is 22.0 Å². The highest BCUT2D eigenvalue weighted by Gasteiger charge is 2.24. The van der Waals surface area contributed by atoms with E-state index < -0.39 is 0 Å². The molecule has 0 aliphatic heterocycles. The Hall–Kier alpha value is -7.42. The highest BCUT2D eigenvalue weighted by molar-refractivity contribution is 6.19. The van der Waals surface area contributed by atoms with E-state index in [-0.39, 0.29) is 0 Å². The highest BCUT2D eigenvalue weighted by atomic mass is 16.3. The van der Waals surface area contributed by atoms with Gasteiger partial charge in [0.2, 0.25) is 0 Å². The molecule has 0 fully saturated rings. The number of para-hydroxylation sites is 1. The maximum absolute atomic E-state index is 6.85. The largest absolute Gasteiger partial charge is 0.455 e. The lowest BCUT2D eigenvalue weighted by Gasteiger charge is -2.28. The Labute approximate surface area is 325 Å². The number of rotatable bonds is 6. The summed E-state index contributed by atoms with van der Waals surface area (Å²) in [6.45, 7) is 0. The fourth-order valence-electron chi connectivity index (χ4n) is 8.59. The van der Waals surface area contributed by atoms with E-state index in [0.29, 0.717) is 0 Å². The summed E-state index contributed by atoms with van der Waals surface area (Å²) in [6.07, 6.45) is 0. The lowest BCUT2D eigenvalue weighted by atomic mass is 9.96. The molecule has 1 heterocycles. The summed E-state index contributed by atoms with van der Waals surface area (Å²) in [6, 6.07) is 76.4. The van der Waals surface area contributed by atoms with E-state index in [2.05, 4.69) is 217 Å². The zero-order valence-electron chi connectivity index (χ0n) is 30.6. The van der Waals surface area contributed by atoms with Crippen LogP contribution < -0.4 is 4.90 Å². The van der Waals surface area contributed by atoms with Gasteiger partial charge in [0.1, 0.15) is 11.2 Å². The number of fused-ring (bicyclic) bond motifs is 7. The van der Waals surface area contributed by atoms with Crippen LogP contribution in [0, 0.1) is 0 Å². The molecule has 0 spiro atoms. The molecule has 0 unspecified atom stereocenters. The van der Waals surface area contributed by atoms with Crippen molar-refractivity contribution in [2.75, 3.05) is 4.90 Å². The predicted molar refractivity (Wildman–Crippen MR) is 237 cm³/mol. The van der Waals surface area contributed by atoms with Crippen LogP contribution >= 0.6 is 0 Å². The van der Waals surface area contributed by atoms with E-state index in [9.17, 15) is 0 Å². The van der Waals surface area contributed by atoms with Crippen LogP contribution in [0.3, 0.4) is 0 Å². The molecule has 0 aliphatic carbocycles. The molecule has 2 heteroatoms. The Kier molecular flexibility index (Phi) is 7.53. The normalized spacial score (nSPS) is 11.6. The van der Waals surface area contributed by atoms with Gasteiger partial charge in [0.05, 0.1) is 16.8 Å². The topological polar surface area (TPSA) is 16.4 Å². The van der Waals surface area contributed by atoms with Crippen molar-refractivity contribution >= 4 is 71.3 Å². The van der Waals surface area contributed by atoms with E-state index in [4.69, 9.17) is 4.42 Å². The Balaban J connectivity index is 1.14. The van der Waals surface area contributed by atoms with Crippen molar-refractivity contribution < 1.29 is 4.42 Å². The van der Waals surface area contributed by atoms with Gasteiger partial charge in [0.15, 0.2) is 0 Å². The monoisotopic (exact) mass is 713 g/mol. The minimum atomic E-state index is 0.868. The van der Waals surface area contributed by atoms with Gasteiger partial charge in [0.25, 0.3) is 0 Å². The molecular weight excluding hydrogens is 679 g/mol. The average Bonchev–Trinajstić information content (AvgIpc) is 3.67. The second kappa shape index (κ2) is 13.2. The van der Waals surface area contributed by atoms with Crippen molar-refractivity contribution in [3.05, 3.63) is 212 Å². The quantitative estimate of drug-likeness (QED) is 0.160. The van der Waals surface area contributed by atoms with Crippen LogP contribution in [-0.2, 0) is 0 Å². The van der Waals surface area contributed by atoms with Crippen molar-refractivity contribution in [3.63, 3.8) is 0 Å². The zero-order valence-corrected chi connectivity index (χ0v) is 30.6. The van der Waals surface area contributed by atoms with Crippen LogP contribution in [0.5, 0.6) is 0 Å². The van der Waals surface area contributed by atoms with Gasteiger partial charge < -0.3 is 9.32 Å². The first-order chi connectivity index (χ1) is 27.8. The standard InChI is InChI=1S/C54H35NO/c1-2-12-36(13-3-1)37-24-26-41(27-25-37)46-34-35-51(53-49-19-8-9-23-52(49)56-54(46)53)55(50-22-11-21-47-45-18-7-5-15-39(45)30-33-48(47)50)42-31-28-40(29-32-42)44-20-10-16-38-14-4-6-17-43(38)44/h1-35H. The van der Waals surface area contributed by atoms with Crippen molar-refractivity contribution in [2.45, 2.75) is 0 Å². The summed E-state index contributed by atoms with van der Waals surface area (Å²) in [7, 11) is 0. The first kappa shape index (κ1) is 32.0. The molecule has 0 bridgehead atoms. The highest BCUT2D eigenvalue weighted by Crippen LogP contribution is 2.48.